The van der Waals surface area contributed by atoms with Crippen LogP contribution in [-0.2, 0) is 23.2 Å². The molecule has 3 amide bonds. The molecule has 11 nitrogen and oxygen atoms in total. The Morgan fingerprint density at radius 1 is 1.12 bits per heavy atom. The van der Waals surface area contributed by atoms with Gasteiger partial charge in [-0.05, 0) is 66.1 Å². The van der Waals surface area contributed by atoms with E-state index in [4.69, 9.17) is 16.7 Å². The Kier molecular flexibility index (Phi) is 7.62. The monoisotopic (exact) mass is 589 g/mol. The fourth-order valence-corrected chi connectivity index (χ4v) is 4.81. The molecule has 2 fully saturated rings. The summed E-state index contributed by atoms with van der Waals surface area (Å²) >= 11 is 5.64. The van der Waals surface area contributed by atoms with Gasteiger partial charge >= 0.3 is 12.2 Å². The highest BCUT2D eigenvalue weighted by Gasteiger charge is 2.50. The zero-order valence-corrected chi connectivity index (χ0v) is 22.4. The van der Waals surface area contributed by atoms with E-state index in [-0.39, 0.29) is 41.6 Å². The van der Waals surface area contributed by atoms with Crippen LogP contribution in [0.3, 0.4) is 0 Å². The van der Waals surface area contributed by atoms with E-state index in [1.54, 1.807) is 42.3 Å². The van der Waals surface area contributed by atoms with Crippen LogP contribution in [0.25, 0.3) is 0 Å². The molecule has 1 aliphatic carbocycles. The lowest BCUT2D eigenvalue weighted by molar-refractivity contribution is -0.746. The average Bonchev–Trinajstić information content (AvgIpc) is 3.66. The smallest absolute Gasteiger partial charge is 0.406 e. The third-order valence-corrected chi connectivity index (χ3v) is 6.93. The Labute approximate surface area is 236 Å². The molecule has 2 aromatic carbocycles. The van der Waals surface area contributed by atoms with Crippen LogP contribution in [0.5, 0.6) is 5.75 Å². The van der Waals surface area contributed by atoms with Crippen molar-refractivity contribution in [3.63, 3.8) is 0 Å². The van der Waals surface area contributed by atoms with E-state index in [0.29, 0.717) is 11.3 Å². The van der Waals surface area contributed by atoms with Crippen LogP contribution in [0.4, 0.5) is 24.7 Å². The third-order valence-electron chi connectivity index (χ3n) is 6.50. The average molecular weight is 590 g/mol. The number of nitrogens with one attached hydrogen (secondary N) is 2. The first-order valence-corrected chi connectivity index (χ1v) is 12.9. The fraction of sp³-hybridized carbons (Fsp3) is 0.308. The van der Waals surface area contributed by atoms with Crippen molar-refractivity contribution >= 4 is 46.6 Å². The summed E-state index contributed by atoms with van der Waals surface area (Å²) in [4.78, 5) is 42.2. The maximum absolute atomic E-state index is 13.4. The van der Waals surface area contributed by atoms with Gasteiger partial charge in [-0.3, -0.25) is 29.1 Å². The third kappa shape index (κ3) is 6.45. The number of rotatable bonds is 9. The van der Waals surface area contributed by atoms with Crippen LogP contribution < -0.4 is 20.1 Å². The molecule has 1 aromatic heterocycles. The molecule has 214 valence electrons. The van der Waals surface area contributed by atoms with E-state index in [9.17, 15) is 27.6 Å². The SMILES string of the molecule is C[n+]1noc(NC(=O)c2ccccc2)c1CN1C(=S)N(C2CC2)C(=O)C1CC(=O)Nc1ccc(OC(F)(F)F)cc1. The van der Waals surface area contributed by atoms with Gasteiger partial charge in [0.15, 0.2) is 12.2 Å². The molecule has 5 rings (SSSR count). The number of aromatic nitrogens is 2. The van der Waals surface area contributed by atoms with E-state index >= 15 is 0 Å². The van der Waals surface area contributed by atoms with Crippen LogP contribution in [0, 0.1) is 0 Å². The Morgan fingerprint density at radius 2 is 1.80 bits per heavy atom. The summed E-state index contributed by atoms with van der Waals surface area (Å²) in [7, 11) is 1.60. The van der Waals surface area contributed by atoms with E-state index in [1.807, 2.05) is 0 Å². The van der Waals surface area contributed by atoms with Crippen molar-refractivity contribution in [1.29, 1.82) is 0 Å². The zero-order chi connectivity index (χ0) is 29.3. The molecule has 0 radical (unpaired) electrons. The summed E-state index contributed by atoms with van der Waals surface area (Å²) in [5, 5.41) is 9.40. The molecule has 2 aliphatic rings. The van der Waals surface area contributed by atoms with Gasteiger partial charge in [0.05, 0.1) is 6.42 Å². The van der Waals surface area contributed by atoms with Gasteiger partial charge in [-0.2, -0.15) is 0 Å². The van der Waals surface area contributed by atoms with Crippen molar-refractivity contribution < 1.29 is 41.5 Å². The lowest BCUT2D eigenvalue weighted by Crippen LogP contribution is -2.43. The number of nitrogens with zero attached hydrogens (tertiary/aromatic N) is 4. The van der Waals surface area contributed by atoms with Crippen LogP contribution in [0.1, 0.15) is 35.3 Å². The van der Waals surface area contributed by atoms with Crippen molar-refractivity contribution in [2.45, 2.75) is 44.3 Å². The molecule has 1 saturated heterocycles. The molecule has 2 N–H and O–H groups in total. The predicted molar refractivity (Wildman–Crippen MR) is 140 cm³/mol. The van der Waals surface area contributed by atoms with Gasteiger partial charge in [0.25, 0.3) is 17.5 Å². The lowest BCUT2D eigenvalue weighted by Gasteiger charge is -2.22. The van der Waals surface area contributed by atoms with Gasteiger partial charge in [0.1, 0.15) is 18.3 Å². The van der Waals surface area contributed by atoms with Gasteiger partial charge in [-0.15, -0.1) is 13.2 Å². The second-order valence-electron chi connectivity index (χ2n) is 9.48. The Morgan fingerprint density at radius 3 is 2.44 bits per heavy atom. The number of carbonyl (C=O) groups excluding carboxylic acids is 3. The van der Waals surface area contributed by atoms with E-state index in [2.05, 4.69) is 20.6 Å². The van der Waals surface area contributed by atoms with Crippen molar-refractivity contribution in [2.24, 2.45) is 7.05 Å². The molecule has 3 aromatic rings. The number of halogens is 3. The van der Waals surface area contributed by atoms with Gasteiger partial charge < -0.3 is 15.0 Å². The minimum absolute atomic E-state index is 0.000376. The van der Waals surface area contributed by atoms with Crippen molar-refractivity contribution in [1.82, 2.24) is 15.1 Å². The minimum Gasteiger partial charge on any atom is -0.406 e. The van der Waals surface area contributed by atoms with E-state index in [0.717, 1.165) is 25.0 Å². The molecule has 15 heteroatoms. The zero-order valence-electron chi connectivity index (χ0n) is 21.6. The summed E-state index contributed by atoms with van der Waals surface area (Å²) in [5.41, 5.74) is 1.03. The standard InChI is InChI=1S/C26H23F3N6O5S/c1-33-20(23(40-32-33)31-22(37)15-5-3-2-4-6-15)14-34-19(24(38)35(25(34)41)17-9-10-17)13-21(36)30-16-7-11-18(12-8-16)39-26(27,28)29/h2-8,11-12,17,19H,9-10,13-14H2,1H3,(H-,30,31,32,36,37)/p+1. The molecule has 0 spiro atoms. The number of aryl methyl sites for hydroxylation is 1. The topological polar surface area (TPSA) is 121 Å². The number of carbonyl (C=O) groups is 3. The van der Waals surface area contributed by atoms with Gasteiger partial charge in [-0.25, -0.2) is 0 Å². The molecular weight excluding hydrogens is 565 g/mol. The summed E-state index contributed by atoms with van der Waals surface area (Å²) in [5.74, 6) is -1.69. The molecule has 0 bridgehead atoms. The maximum Gasteiger partial charge on any atom is 0.573 e. The highest BCUT2D eigenvalue weighted by molar-refractivity contribution is 7.80. The number of benzene rings is 2. The number of thiocarbonyl (C=S) groups is 1. The van der Waals surface area contributed by atoms with Crippen molar-refractivity contribution in [2.75, 3.05) is 10.6 Å². The quantitative estimate of drug-likeness (QED) is 0.289. The maximum atomic E-state index is 13.4. The second kappa shape index (κ2) is 11.2. The van der Waals surface area contributed by atoms with Crippen LogP contribution in [0.15, 0.2) is 59.1 Å². The number of amides is 3. The number of ether oxygens (including phenoxy) is 1. The predicted octanol–water partition coefficient (Wildman–Crippen LogP) is 3.14. The Bertz CT molecular complexity index is 1480. The Balaban J connectivity index is 1.32. The highest BCUT2D eigenvalue weighted by atomic mass is 32.1. The first kappa shape index (κ1) is 28.0. The van der Waals surface area contributed by atoms with Crippen molar-refractivity contribution in [3.05, 3.63) is 65.9 Å². The van der Waals surface area contributed by atoms with Crippen LogP contribution in [0.2, 0.25) is 0 Å². The molecule has 1 unspecified atom stereocenters. The molecule has 1 atom stereocenters. The Hall–Kier alpha value is -4.53. The molecule has 2 heterocycles. The van der Waals surface area contributed by atoms with Crippen molar-refractivity contribution in [3.8, 4) is 5.75 Å². The molecular formula is C26H24F3N6O5S+. The normalized spacial score (nSPS) is 17.1. The number of alkyl halides is 3. The minimum atomic E-state index is -4.84. The van der Waals surface area contributed by atoms with Crippen LogP contribution in [-0.4, -0.2) is 56.4 Å². The largest absolute Gasteiger partial charge is 0.573 e. The van der Waals surface area contributed by atoms with Gasteiger partial charge in [0.2, 0.25) is 11.2 Å². The summed E-state index contributed by atoms with van der Waals surface area (Å²) in [6, 6.07) is 12.1. The second-order valence-corrected chi connectivity index (χ2v) is 9.85. The molecule has 41 heavy (non-hydrogen) atoms. The molecule has 1 saturated carbocycles. The van der Waals surface area contributed by atoms with E-state index < -0.39 is 30.0 Å². The summed E-state index contributed by atoms with van der Waals surface area (Å²) in [6.07, 6.45) is -3.56. The van der Waals surface area contributed by atoms with Gasteiger partial charge in [0, 0.05) is 17.3 Å². The van der Waals surface area contributed by atoms with Crippen LogP contribution >= 0.6 is 12.2 Å². The summed E-state index contributed by atoms with van der Waals surface area (Å²) < 4.78 is 47.9. The number of hydrogen-bond donors (Lipinski definition) is 2. The fourth-order valence-electron chi connectivity index (χ4n) is 4.38. The number of anilines is 2. The highest BCUT2D eigenvalue weighted by Crippen LogP contribution is 2.35. The summed E-state index contributed by atoms with van der Waals surface area (Å²) in [6.45, 7) is -0.000376. The molecule has 1 aliphatic heterocycles. The first-order chi connectivity index (χ1) is 19.5. The lowest BCUT2D eigenvalue weighted by atomic mass is 10.1. The van der Waals surface area contributed by atoms with E-state index in [1.165, 1.54) is 21.7 Å². The number of hydrogen-bond acceptors (Lipinski definition) is 7. The van der Waals surface area contributed by atoms with Gasteiger partial charge in [-0.1, -0.05) is 18.2 Å². The first-order valence-electron chi connectivity index (χ1n) is 12.5.